The van der Waals surface area contributed by atoms with Crippen molar-refractivity contribution in [3.05, 3.63) is 22.8 Å². The van der Waals surface area contributed by atoms with Crippen LogP contribution in [-0.4, -0.2) is 11.1 Å². The van der Waals surface area contributed by atoms with Gasteiger partial charge in [0.05, 0.1) is 6.42 Å². The van der Waals surface area contributed by atoms with Crippen molar-refractivity contribution in [1.82, 2.24) is 0 Å². The van der Waals surface area contributed by atoms with Crippen LogP contribution in [0.5, 0.6) is 0 Å². The fourth-order valence-corrected chi connectivity index (χ4v) is 1.38. The molecule has 0 aromatic heterocycles. The first-order valence-corrected chi connectivity index (χ1v) is 4.17. The summed E-state index contributed by atoms with van der Waals surface area (Å²) in [6, 6.07) is 0. The van der Waals surface area contributed by atoms with E-state index in [0.717, 1.165) is 18.4 Å². The lowest BCUT2D eigenvalue weighted by Crippen LogP contribution is -2.01. The first kappa shape index (κ1) is 9.04. The van der Waals surface area contributed by atoms with E-state index in [1.54, 1.807) is 0 Å². The molecular weight excluding hydrogens is 152 g/mol. The van der Waals surface area contributed by atoms with Crippen LogP contribution in [0.15, 0.2) is 22.8 Å². The van der Waals surface area contributed by atoms with Crippen LogP contribution >= 0.6 is 0 Å². The molecule has 2 heteroatoms. The molecule has 66 valence electrons. The Bertz CT molecular complexity index is 259. The molecule has 2 nitrogen and oxygen atoms in total. The van der Waals surface area contributed by atoms with Crippen molar-refractivity contribution in [2.75, 3.05) is 0 Å². The van der Waals surface area contributed by atoms with E-state index >= 15 is 0 Å². The Morgan fingerprint density at radius 1 is 1.50 bits per heavy atom. The van der Waals surface area contributed by atoms with Gasteiger partial charge in [0, 0.05) is 0 Å². The molecule has 0 fully saturated rings. The van der Waals surface area contributed by atoms with Crippen LogP contribution in [0.1, 0.15) is 33.1 Å². The molecule has 0 aromatic carbocycles. The minimum absolute atomic E-state index is 0.199. The van der Waals surface area contributed by atoms with Crippen molar-refractivity contribution >= 4 is 5.97 Å². The van der Waals surface area contributed by atoms with Crippen molar-refractivity contribution in [3.8, 4) is 0 Å². The van der Waals surface area contributed by atoms with Gasteiger partial charge in [0.25, 0.3) is 0 Å². The summed E-state index contributed by atoms with van der Waals surface area (Å²) in [5.74, 6) is -0.728. The zero-order valence-corrected chi connectivity index (χ0v) is 7.55. The molecule has 1 rings (SSSR count). The number of carboxylic acid groups (broad SMARTS) is 1. The molecule has 0 radical (unpaired) electrons. The smallest absolute Gasteiger partial charge is 0.307 e. The molecule has 1 aliphatic rings. The minimum atomic E-state index is -0.728. The van der Waals surface area contributed by atoms with Crippen molar-refractivity contribution in [2.45, 2.75) is 33.1 Å². The summed E-state index contributed by atoms with van der Waals surface area (Å²) in [4.78, 5) is 10.4. The molecular formula is C10H14O2. The Morgan fingerprint density at radius 3 is 2.67 bits per heavy atom. The van der Waals surface area contributed by atoms with Gasteiger partial charge in [-0.1, -0.05) is 22.8 Å². The number of carbonyl (C=O) groups is 1. The highest BCUT2D eigenvalue weighted by Crippen LogP contribution is 2.24. The normalized spacial score (nSPS) is 17.7. The number of hydrogen-bond donors (Lipinski definition) is 1. The second-order valence-electron chi connectivity index (χ2n) is 3.34. The van der Waals surface area contributed by atoms with E-state index in [2.05, 4.69) is 6.92 Å². The predicted molar refractivity (Wildman–Crippen MR) is 47.9 cm³/mol. The van der Waals surface area contributed by atoms with Gasteiger partial charge in [-0.3, -0.25) is 4.79 Å². The van der Waals surface area contributed by atoms with E-state index in [-0.39, 0.29) is 6.42 Å². The van der Waals surface area contributed by atoms with E-state index in [4.69, 9.17) is 5.11 Å². The monoisotopic (exact) mass is 166 g/mol. The average molecular weight is 166 g/mol. The molecule has 1 aliphatic carbocycles. The lowest BCUT2D eigenvalue weighted by Gasteiger charge is -2.13. The molecule has 0 bridgehead atoms. The number of carboxylic acids is 1. The lowest BCUT2D eigenvalue weighted by atomic mass is 9.92. The molecule has 0 spiro atoms. The Hall–Kier alpha value is -1.05. The van der Waals surface area contributed by atoms with Crippen LogP contribution in [0, 0.1) is 0 Å². The number of aliphatic carboxylic acids is 1. The van der Waals surface area contributed by atoms with Crippen LogP contribution in [0.2, 0.25) is 0 Å². The predicted octanol–water partition coefficient (Wildman–Crippen LogP) is 2.52. The molecule has 0 heterocycles. The van der Waals surface area contributed by atoms with Crippen LogP contribution < -0.4 is 0 Å². The Labute approximate surface area is 72.6 Å². The van der Waals surface area contributed by atoms with Gasteiger partial charge >= 0.3 is 5.97 Å². The Morgan fingerprint density at radius 2 is 2.17 bits per heavy atom. The largest absolute Gasteiger partial charge is 0.481 e. The van der Waals surface area contributed by atoms with Crippen molar-refractivity contribution in [3.63, 3.8) is 0 Å². The average Bonchev–Trinajstić information content (AvgIpc) is 1.96. The van der Waals surface area contributed by atoms with E-state index in [1.807, 2.05) is 13.0 Å². The molecule has 0 saturated heterocycles. The Balaban J connectivity index is 2.70. The minimum Gasteiger partial charge on any atom is -0.481 e. The second-order valence-corrected chi connectivity index (χ2v) is 3.34. The first-order chi connectivity index (χ1) is 5.59. The van der Waals surface area contributed by atoms with E-state index in [9.17, 15) is 4.79 Å². The maximum atomic E-state index is 10.4. The van der Waals surface area contributed by atoms with Crippen LogP contribution in [0.3, 0.4) is 0 Å². The van der Waals surface area contributed by atoms with Crippen LogP contribution in [0.25, 0.3) is 0 Å². The standard InChI is InChI=1S/C10H14O2/c1-7-3-4-9(5-8(7)2)6-10(11)12/h5H,3-4,6H2,1-2H3,(H,11,12). The third kappa shape index (κ3) is 2.22. The zero-order valence-electron chi connectivity index (χ0n) is 7.55. The summed E-state index contributed by atoms with van der Waals surface area (Å²) in [5.41, 5.74) is 3.66. The topological polar surface area (TPSA) is 37.3 Å². The summed E-state index contributed by atoms with van der Waals surface area (Å²) < 4.78 is 0. The lowest BCUT2D eigenvalue weighted by molar-refractivity contribution is -0.136. The number of allylic oxidation sites excluding steroid dienone is 3. The quantitative estimate of drug-likeness (QED) is 0.684. The first-order valence-electron chi connectivity index (χ1n) is 4.17. The van der Waals surface area contributed by atoms with Gasteiger partial charge < -0.3 is 5.11 Å². The number of rotatable bonds is 2. The molecule has 12 heavy (non-hydrogen) atoms. The third-order valence-corrected chi connectivity index (χ3v) is 2.29. The molecule has 1 N–H and O–H groups in total. The van der Waals surface area contributed by atoms with E-state index in [0.29, 0.717) is 0 Å². The van der Waals surface area contributed by atoms with Gasteiger partial charge in [-0.15, -0.1) is 0 Å². The maximum Gasteiger partial charge on any atom is 0.307 e. The molecule has 0 aliphatic heterocycles. The van der Waals surface area contributed by atoms with Crippen LogP contribution in [-0.2, 0) is 4.79 Å². The SMILES string of the molecule is CC1=C(C)CCC(CC(=O)O)=C1. The fraction of sp³-hybridized carbons (Fsp3) is 0.500. The summed E-state index contributed by atoms with van der Waals surface area (Å²) in [6.07, 6.45) is 4.14. The zero-order chi connectivity index (χ0) is 9.14. The summed E-state index contributed by atoms with van der Waals surface area (Å²) in [5, 5.41) is 8.56. The highest BCUT2D eigenvalue weighted by Gasteiger charge is 2.09. The van der Waals surface area contributed by atoms with Gasteiger partial charge in [0.15, 0.2) is 0 Å². The van der Waals surface area contributed by atoms with E-state index < -0.39 is 5.97 Å². The molecule has 0 saturated carbocycles. The van der Waals surface area contributed by atoms with E-state index in [1.165, 1.54) is 11.1 Å². The van der Waals surface area contributed by atoms with Crippen molar-refractivity contribution < 1.29 is 9.90 Å². The second kappa shape index (κ2) is 3.57. The highest BCUT2D eigenvalue weighted by molar-refractivity contribution is 5.70. The van der Waals surface area contributed by atoms with Crippen LogP contribution in [0.4, 0.5) is 0 Å². The summed E-state index contributed by atoms with van der Waals surface area (Å²) >= 11 is 0. The van der Waals surface area contributed by atoms with Gasteiger partial charge in [0.1, 0.15) is 0 Å². The molecule has 0 amide bonds. The van der Waals surface area contributed by atoms with Crippen molar-refractivity contribution in [1.29, 1.82) is 0 Å². The summed E-state index contributed by atoms with van der Waals surface area (Å²) in [6.45, 7) is 4.14. The van der Waals surface area contributed by atoms with Crippen molar-refractivity contribution in [2.24, 2.45) is 0 Å². The molecule has 0 aromatic rings. The highest BCUT2D eigenvalue weighted by atomic mass is 16.4. The fourth-order valence-electron chi connectivity index (χ4n) is 1.38. The third-order valence-electron chi connectivity index (χ3n) is 2.29. The molecule has 0 unspecified atom stereocenters. The van der Waals surface area contributed by atoms with Gasteiger partial charge in [0.2, 0.25) is 0 Å². The Kier molecular flexibility index (Phi) is 2.69. The number of hydrogen-bond acceptors (Lipinski definition) is 1. The maximum absolute atomic E-state index is 10.4. The van der Waals surface area contributed by atoms with Gasteiger partial charge in [-0.2, -0.15) is 0 Å². The van der Waals surface area contributed by atoms with Gasteiger partial charge in [-0.25, -0.2) is 0 Å². The summed E-state index contributed by atoms with van der Waals surface area (Å²) in [7, 11) is 0. The molecule has 0 atom stereocenters. The van der Waals surface area contributed by atoms with Gasteiger partial charge in [-0.05, 0) is 26.7 Å².